The number of carbonyl (C=O) groups excluding carboxylic acids is 2. The number of benzene rings is 2. The molecule has 3 N–H and O–H groups in total. The zero-order valence-corrected chi connectivity index (χ0v) is 38.8. The third-order valence-electron chi connectivity index (χ3n) is 13.2. The second-order valence-electron chi connectivity index (χ2n) is 17.6. The fraction of sp³-hybridized carbons (Fsp3) is 0.588. The number of nitrogens with one attached hydrogen (secondary N) is 1. The summed E-state index contributed by atoms with van der Waals surface area (Å²) in [6.07, 6.45) is 23.0. The van der Waals surface area contributed by atoms with Crippen LogP contribution < -0.4 is 14.8 Å². The smallest absolute Gasteiger partial charge is 0.412 e. The number of hydrogen-bond donors (Lipinski definition) is 3. The summed E-state index contributed by atoms with van der Waals surface area (Å²) in [4.78, 5) is 45.3. The van der Waals surface area contributed by atoms with Gasteiger partial charge in [-0.25, -0.2) is 4.79 Å². The van der Waals surface area contributed by atoms with E-state index in [-0.39, 0.29) is 55.6 Å². The van der Waals surface area contributed by atoms with Crippen LogP contribution in [0.3, 0.4) is 0 Å². The van der Waals surface area contributed by atoms with Crippen molar-refractivity contribution < 1.29 is 43.8 Å². The topological polar surface area (TPSA) is 182 Å². The van der Waals surface area contributed by atoms with E-state index < -0.39 is 28.8 Å². The molecule has 5 rings (SSSR count). The van der Waals surface area contributed by atoms with E-state index in [0.29, 0.717) is 42.2 Å². The van der Waals surface area contributed by atoms with Gasteiger partial charge < -0.3 is 39.5 Å². The fourth-order valence-corrected chi connectivity index (χ4v) is 9.99. The van der Waals surface area contributed by atoms with E-state index in [1.165, 1.54) is 70.3 Å². The minimum atomic E-state index is -1.45. The first kappa shape index (κ1) is 50.9. The Kier molecular flexibility index (Phi) is 20.5. The first-order valence-corrected chi connectivity index (χ1v) is 23.9. The van der Waals surface area contributed by atoms with Crippen molar-refractivity contribution in [2.75, 3.05) is 40.5 Å². The zero-order chi connectivity index (χ0) is 46.6. The summed E-state index contributed by atoms with van der Waals surface area (Å²) >= 11 is 0. The van der Waals surface area contributed by atoms with Crippen LogP contribution in [0.2, 0.25) is 0 Å². The second-order valence-corrected chi connectivity index (χ2v) is 17.6. The summed E-state index contributed by atoms with van der Waals surface area (Å²) in [5, 5.41) is 38.5. The molecule has 1 heterocycles. The molecular weight excluding hydrogens is 829 g/mol. The average Bonchev–Trinajstić information content (AvgIpc) is 3.30. The number of fused-ring (bicyclic) bond motifs is 2. The normalized spacial score (nSPS) is 22.6. The van der Waals surface area contributed by atoms with Gasteiger partial charge >= 0.3 is 6.09 Å². The lowest BCUT2D eigenvalue weighted by Crippen LogP contribution is -2.69. The largest absolute Gasteiger partial charge is 0.459 e. The number of amides is 2. The molecule has 0 aromatic heterocycles. The van der Waals surface area contributed by atoms with Gasteiger partial charge in [0.1, 0.15) is 24.7 Å². The van der Waals surface area contributed by atoms with E-state index in [1.807, 2.05) is 12.1 Å². The number of nitro groups is 1. The molecule has 6 atom stereocenters. The number of aliphatic hydroxyl groups is 2. The number of non-ortho nitro benzene ring substituents is 1. The summed E-state index contributed by atoms with van der Waals surface area (Å²) < 4.78 is 20.0. The third-order valence-corrected chi connectivity index (χ3v) is 13.2. The predicted molar refractivity (Wildman–Crippen MR) is 253 cm³/mol. The Labute approximate surface area is 385 Å². The quantitative estimate of drug-likeness (QED) is 0.0244. The van der Waals surface area contributed by atoms with Gasteiger partial charge in [0.25, 0.3) is 5.69 Å². The van der Waals surface area contributed by atoms with Gasteiger partial charge in [-0.05, 0) is 91.5 Å². The van der Waals surface area contributed by atoms with Gasteiger partial charge in [0.15, 0.2) is 0 Å². The standard InChI is InChI=1S/C51H72N4O10/c1-5-7-8-9-10-11-12-13-14-17-30-52-50(59)64-40-27-28-45-43(35-40)48-41(21-16-19-32-57)38(20-15-18-31-56)34-42-44(53-62-4)36-46(51(65-45,49(42)48)63-33-6-2)54(3)47(58)29-24-37-22-25-39(26-23-37)55(60)61/h6,22-29,34-35,38,41,46,48-49,56-57H,2,5,7-21,30-33,36H2,1,3-4H3,(H,52,59)/t38-,41+,46-,48+,49+,51+/m0/s1. The van der Waals surface area contributed by atoms with Crippen LogP contribution >= 0.6 is 0 Å². The lowest BCUT2D eigenvalue weighted by Gasteiger charge is -2.59. The molecule has 1 fully saturated rings. The first-order valence-electron chi connectivity index (χ1n) is 23.9. The molecule has 3 aliphatic rings. The third kappa shape index (κ3) is 13.5. The van der Waals surface area contributed by atoms with E-state index in [9.17, 15) is 29.9 Å². The van der Waals surface area contributed by atoms with Crippen molar-refractivity contribution in [2.24, 2.45) is 22.9 Å². The van der Waals surface area contributed by atoms with Gasteiger partial charge in [0.05, 0.1) is 23.2 Å². The maximum absolute atomic E-state index is 14.2. The highest BCUT2D eigenvalue weighted by Crippen LogP contribution is 2.61. The molecule has 0 unspecified atom stereocenters. The van der Waals surface area contributed by atoms with Crippen LogP contribution in [0.1, 0.15) is 133 Å². The number of oxime groups is 1. The van der Waals surface area contributed by atoms with Gasteiger partial charge in [-0.1, -0.05) is 94.9 Å². The Balaban J connectivity index is 1.49. The zero-order valence-electron chi connectivity index (χ0n) is 38.8. The van der Waals surface area contributed by atoms with Crippen molar-refractivity contribution >= 4 is 29.5 Å². The number of rotatable bonds is 28. The van der Waals surface area contributed by atoms with Crippen LogP contribution in [0.5, 0.6) is 11.5 Å². The summed E-state index contributed by atoms with van der Waals surface area (Å²) in [6, 6.07) is 10.6. The van der Waals surface area contributed by atoms with E-state index in [2.05, 4.69) is 30.1 Å². The van der Waals surface area contributed by atoms with E-state index in [4.69, 9.17) is 19.0 Å². The molecule has 14 nitrogen and oxygen atoms in total. The van der Waals surface area contributed by atoms with Gasteiger partial charge in [-0.3, -0.25) is 14.9 Å². The van der Waals surface area contributed by atoms with Gasteiger partial charge in [0, 0.05) is 62.9 Å². The fourth-order valence-electron chi connectivity index (χ4n) is 9.99. The van der Waals surface area contributed by atoms with Crippen LogP contribution in [0.25, 0.3) is 6.08 Å². The number of allylic oxidation sites excluding steroid dienone is 1. The van der Waals surface area contributed by atoms with Crippen molar-refractivity contribution in [3.05, 3.63) is 94.1 Å². The average molecular weight is 901 g/mol. The second kappa shape index (κ2) is 26.2. The molecule has 14 heteroatoms. The van der Waals surface area contributed by atoms with Crippen molar-refractivity contribution in [1.29, 1.82) is 0 Å². The van der Waals surface area contributed by atoms with E-state index in [0.717, 1.165) is 56.1 Å². The van der Waals surface area contributed by atoms with Crippen LogP contribution in [-0.4, -0.2) is 90.1 Å². The number of ether oxygens (including phenoxy) is 3. The summed E-state index contributed by atoms with van der Waals surface area (Å²) in [7, 11) is 3.19. The lowest BCUT2D eigenvalue weighted by atomic mass is 9.55. The van der Waals surface area contributed by atoms with Crippen LogP contribution in [0.4, 0.5) is 10.5 Å². The van der Waals surface area contributed by atoms with Gasteiger partial charge in [-0.2, -0.15) is 0 Å². The van der Waals surface area contributed by atoms with Gasteiger partial charge in [-0.15, -0.1) is 6.58 Å². The first-order chi connectivity index (χ1) is 31.6. The molecule has 0 spiro atoms. The maximum atomic E-state index is 14.2. The highest BCUT2D eigenvalue weighted by molar-refractivity contribution is 6.03. The number of nitrogens with zero attached hydrogens (tertiary/aromatic N) is 3. The predicted octanol–water partition coefficient (Wildman–Crippen LogP) is 10.0. The van der Waals surface area contributed by atoms with Crippen molar-refractivity contribution in [2.45, 2.75) is 134 Å². The molecule has 1 aliphatic heterocycles. The van der Waals surface area contributed by atoms with E-state index in [1.54, 1.807) is 42.3 Å². The maximum Gasteiger partial charge on any atom is 0.412 e. The van der Waals surface area contributed by atoms with Crippen molar-refractivity contribution in [1.82, 2.24) is 10.2 Å². The Morgan fingerprint density at radius 1 is 0.969 bits per heavy atom. The van der Waals surface area contributed by atoms with Crippen LogP contribution in [-0.2, 0) is 14.4 Å². The number of aliphatic hydroxyl groups excluding tert-OH is 2. The van der Waals surface area contributed by atoms with Crippen LogP contribution in [0, 0.1) is 27.9 Å². The lowest BCUT2D eigenvalue weighted by molar-refractivity contribution is -0.384. The number of hydrogen-bond acceptors (Lipinski definition) is 11. The Morgan fingerprint density at radius 2 is 1.65 bits per heavy atom. The molecule has 356 valence electrons. The van der Waals surface area contributed by atoms with Crippen LogP contribution in [0.15, 0.2) is 78.0 Å². The number of unbranched alkanes of at least 4 members (excludes halogenated alkanes) is 11. The van der Waals surface area contributed by atoms with Gasteiger partial charge in [0.2, 0.25) is 11.7 Å². The summed E-state index contributed by atoms with van der Waals surface area (Å²) in [5.74, 6) is -1.67. The highest BCUT2D eigenvalue weighted by Gasteiger charge is 2.65. The molecule has 65 heavy (non-hydrogen) atoms. The minimum absolute atomic E-state index is 0.00523. The molecule has 0 radical (unpaired) electrons. The monoisotopic (exact) mass is 901 g/mol. The van der Waals surface area contributed by atoms with Crippen molar-refractivity contribution in [3.63, 3.8) is 0 Å². The summed E-state index contributed by atoms with van der Waals surface area (Å²) in [6.45, 7) is 6.97. The highest BCUT2D eigenvalue weighted by atomic mass is 16.7. The number of nitro benzene ring substituents is 1. The summed E-state index contributed by atoms with van der Waals surface area (Å²) in [5.41, 5.74) is 2.94. The molecule has 2 aliphatic carbocycles. The number of carbonyl (C=O) groups is 2. The Morgan fingerprint density at radius 3 is 2.29 bits per heavy atom. The Bertz CT molecular complexity index is 1950. The number of likely N-dealkylation sites (N-methyl/N-ethyl adjacent to an activating group) is 1. The minimum Gasteiger partial charge on any atom is -0.459 e. The molecule has 0 saturated heterocycles. The van der Waals surface area contributed by atoms with Crippen molar-refractivity contribution in [3.8, 4) is 11.5 Å². The van der Waals surface area contributed by atoms with E-state index >= 15 is 0 Å². The Hall–Kier alpha value is -5.05. The molecular formula is C51H72N4O10. The molecule has 1 saturated carbocycles. The molecule has 0 bridgehead atoms. The molecule has 2 aromatic carbocycles. The molecule has 2 amide bonds. The molecule has 2 aromatic rings. The SMILES string of the molecule is C=CCO[C@@]12Oc3ccc(OC(=O)NCCCCCCCCCCCC)cc3[C@H]3[C@H](CCCCO)[C@@H](CCCCO)C=C(C(=NOC)C[C@@H]1N(C)C(=O)C=Cc1ccc([N+](=O)[O-])cc1)[C@H]32.